The van der Waals surface area contributed by atoms with E-state index in [1.54, 1.807) is 0 Å². The van der Waals surface area contributed by atoms with Gasteiger partial charge in [-0.2, -0.15) is 0 Å². The molecule has 2 atom stereocenters. The lowest BCUT2D eigenvalue weighted by Crippen LogP contribution is -2.24. The van der Waals surface area contributed by atoms with Crippen LogP contribution in [0.3, 0.4) is 0 Å². The summed E-state index contributed by atoms with van der Waals surface area (Å²) in [5.41, 5.74) is 0. The van der Waals surface area contributed by atoms with Gasteiger partial charge in [-0.15, -0.1) is 0 Å². The summed E-state index contributed by atoms with van der Waals surface area (Å²) >= 11 is 0. The van der Waals surface area contributed by atoms with E-state index in [4.69, 9.17) is 0 Å². The Bertz CT molecular complexity index is 324. The van der Waals surface area contributed by atoms with Gasteiger partial charge < -0.3 is 0 Å². The van der Waals surface area contributed by atoms with Crippen molar-refractivity contribution >= 4 is 10.0 Å². The van der Waals surface area contributed by atoms with E-state index in [0.717, 1.165) is 17.2 Å². The fourth-order valence-electron chi connectivity index (χ4n) is 2.89. The van der Waals surface area contributed by atoms with Gasteiger partial charge in [0.25, 0.3) is 0 Å². The molecule has 1 N–H and O–H groups in total. The molecule has 2 rings (SSSR count). The summed E-state index contributed by atoms with van der Waals surface area (Å²) in [6.07, 6.45) is 6.60. The van der Waals surface area contributed by atoms with Gasteiger partial charge in [-0.05, 0) is 30.6 Å². The normalized spacial score (nSPS) is 35.3. The van der Waals surface area contributed by atoms with E-state index in [1.165, 1.54) is 32.1 Å². The van der Waals surface area contributed by atoms with Crippen molar-refractivity contribution in [3.8, 4) is 0 Å². The summed E-state index contributed by atoms with van der Waals surface area (Å²) in [6, 6.07) is 0. The van der Waals surface area contributed by atoms with Crippen LogP contribution in [-0.2, 0) is 10.0 Å². The Kier molecular flexibility index (Phi) is 3.16. The minimum absolute atomic E-state index is 0.597. The predicted molar refractivity (Wildman–Crippen MR) is 60.7 cm³/mol. The van der Waals surface area contributed by atoms with Crippen LogP contribution in [0, 0.1) is 17.8 Å². The van der Waals surface area contributed by atoms with Gasteiger partial charge in [0, 0.05) is 12.0 Å². The molecule has 0 aromatic heterocycles. The lowest BCUT2D eigenvalue weighted by atomic mass is 10.1. The highest BCUT2D eigenvalue weighted by Crippen LogP contribution is 2.53. The molecule has 2 fully saturated rings. The van der Waals surface area contributed by atoms with E-state index in [0.29, 0.717) is 12.5 Å². The van der Waals surface area contributed by atoms with Gasteiger partial charge in [-0.25, -0.2) is 13.1 Å². The van der Waals surface area contributed by atoms with E-state index < -0.39 is 10.0 Å². The first-order chi connectivity index (χ1) is 7.14. The highest BCUT2D eigenvalue weighted by atomic mass is 32.2. The molecule has 0 saturated heterocycles. The quantitative estimate of drug-likeness (QED) is 0.800. The molecular weight excluding hydrogens is 210 g/mol. The van der Waals surface area contributed by atoms with Crippen LogP contribution in [0.5, 0.6) is 0 Å². The summed E-state index contributed by atoms with van der Waals surface area (Å²) < 4.78 is 25.0. The van der Waals surface area contributed by atoms with Crippen molar-refractivity contribution in [3.05, 3.63) is 12.0 Å². The second-order valence-electron chi connectivity index (χ2n) is 4.69. The highest BCUT2D eigenvalue weighted by molar-refractivity contribution is 7.92. The van der Waals surface area contributed by atoms with Crippen LogP contribution in [-0.4, -0.2) is 15.0 Å². The number of nitrogens with one attached hydrogen (secondary N) is 1. The third-order valence-electron chi connectivity index (χ3n) is 3.82. The SMILES string of the molecule is C=CS(=O)(=O)NCC1C2CCCCCC21. The van der Waals surface area contributed by atoms with Gasteiger partial charge >= 0.3 is 0 Å². The zero-order valence-electron chi connectivity index (χ0n) is 8.98. The summed E-state index contributed by atoms with van der Waals surface area (Å²) in [5, 5.41) is 0.991. The average Bonchev–Trinajstić information content (AvgIpc) is 2.89. The Hall–Kier alpha value is -0.350. The molecule has 0 amide bonds. The van der Waals surface area contributed by atoms with Gasteiger partial charge in [0.2, 0.25) is 10.0 Å². The lowest BCUT2D eigenvalue weighted by molar-refractivity contribution is 0.548. The van der Waals surface area contributed by atoms with Gasteiger partial charge in [0.05, 0.1) is 0 Å². The lowest BCUT2D eigenvalue weighted by Gasteiger charge is -2.03. The van der Waals surface area contributed by atoms with E-state index in [9.17, 15) is 8.42 Å². The van der Waals surface area contributed by atoms with Crippen molar-refractivity contribution < 1.29 is 8.42 Å². The first kappa shape index (κ1) is 11.1. The molecule has 0 bridgehead atoms. The Labute approximate surface area is 92.0 Å². The monoisotopic (exact) mass is 229 g/mol. The number of sulfonamides is 1. The van der Waals surface area contributed by atoms with Crippen LogP contribution < -0.4 is 4.72 Å². The Balaban J connectivity index is 1.81. The molecule has 2 aliphatic rings. The van der Waals surface area contributed by atoms with Gasteiger partial charge in [0.1, 0.15) is 0 Å². The van der Waals surface area contributed by atoms with Crippen LogP contribution >= 0.6 is 0 Å². The van der Waals surface area contributed by atoms with Crippen molar-refractivity contribution in [1.82, 2.24) is 4.72 Å². The highest BCUT2D eigenvalue weighted by Gasteiger charge is 2.49. The molecule has 2 saturated carbocycles. The molecule has 0 heterocycles. The first-order valence-electron chi connectivity index (χ1n) is 5.76. The zero-order valence-corrected chi connectivity index (χ0v) is 9.80. The topological polar surface area (TPSA) is 46.2 Å². The zero-order chi connectivity index (χ0) is 10.9. The predicted octanol–water partition coefficient (Wildman–Crippen LogP) is 1.88. The molecule has 15 heavy (non-hydrogen) atoms. The van der Waals surface area contributed by atoms with Crippen molar-refractivity contribution in [2.24, 2.45) is 17.8 Å². The molecule has 0 aromatic rings. The van der Waals surface area contributed by atoms with E-state index in [1.807, 2.05) is 0 Å². The molecule has 0 aliphatic heterocycles. The van der Waals surface area contributed by atoms with Gasteiger partial charge in [0.15, 0.2) is 0 Å². The van der Waals surface area contributed by atoms with Crippen molar-refractivity contribution in [2.45, 2.75) is 32.1 Å². The number of rotatable bonds is 4. The molecule has 86 valence electrons. The van der Waals surface area contributed by atoms with Crippen LogP contribution in [0.4, 0.5) is 0 Å². The smallest absolute Gasteiger partial charge is 0.211 e. The standard InChI is InChI=1S/C11H19NO2S/c1-2-15(13,14)12-8-11-9-6-4-3-5-7-10(9)11/h2,9-12H,1,3-8H2. The summed E-state index contributed by atoms with van der Waals surface area (Å²) in [6.45, 7) is 3.90. The van der Waals surface area contributed by atoms with Crippen molar-refractivity contribution in [3.63, 3.8) is 0 Å². The molecule has 0 spiro atoms. The summed E-state index contributed by atoms with van der Waals surface area (Å²) in [4.78, 5) is 0. The van der Waals surface area contributed by atoms with E-state index in [-0.39, 0.29) is 0 Å². The maximum absolute atomic E-state index is 11.2. The Morgan fingerprint density at radius 2 is 1.80 bits per heavy atom. The fraction of sp³-hybridized carbons (Fsp3) is 0.818. The second-order valence-corrected chi connectivity index (χ2v) is 6.40. The van der Waals surface area contributed by atoms with E-state index >= 15 is 0 Å². The second kappa shape index (κ2) is 4.26. The molecule has 2 unspecified atom stereocenters. The van der Waals surface area contributed by atoms with Gasteiger partial charge in [-0.1, -0.05) is 25.8 Å². The first-order valence-corrected chi connectivity index (χ1v) is 7.31. The average molecular weight is 229 g/mol. The number of fused-ring (bicyclic) bond motifs is 1. The minimum atomic E-state index is -3.21. The van der Waals surface area contributed by atoms with Crippen molar-refractivity contribution in [1.29, 1.82) is 0 Å². The third kappa shape index (κ3) is 2.61. The Morgan fingerprint density at radius 3 is 2.33 bits per heavy atom. The van der Waals surface area contributed by atoms with Crippen molar-refractivity contribution in [2.75, 3.05) is 6.54 Å². The summed E-state index contributed by atoms with van der Waals surface area (Å²) in [5.74, 6) is 2.18. The fourth-order valence-corrected chi connectivity index (χ4v) is 3.43. The third-order valence-corrected chi connectivity index (χ3v) is 4.83. The number of hydrogen-bond donors (Lipinski definition) is 1. The molecule has 0 aromatic carbocycles. The number of hydrogen-bond acceptors (Lipinski definition) is 2. The molecular formula is C11H19NO2S. The molecule has 4 heteroatoms. The van der Waals surface area contributed by atoms with Crippen LogP contribution in [0.15, 0.2) is 12.0 Å². The van der Waals surface area contributed by atoms with Crippen LogP contribution in [0.1, 0.15) is 32.1 Å². The Morgan fingerprint density at radius 1 is 1.20 bits per heavy atom. The van der Waals surface area contributed by atoms with Crippen LogP contribution in [0.25, 0.3) is 0 Å². The maximum atomic E-state index is 11.2. The minimum Gasteiger partial charge on any atom is -0.211 e. The van der Waals surface area contributed by atoms with Crippen LogP contribution in [0.2, 0.25) is 0 Å². The molecule has 2 aliphatic carbocycles. The maximum Gasteiger partial charge on any atom is 0.233 e. The summed E-state index contributed by atoms with van der Waals surface area (Å²) in [7, 11) is -3.21. The molecule has 0 radical (unpaired) electrons. The van der Waals surface area contributed by atoms with E-state index in [2.05, 4.69) is 11.3 Å². The largest absolute Gasteiger partial charge is 0.233 e. The molecule has 3 nitrogen and oxygen atoms in total. The van der Waals surface area contributed by atoms with Gasteiger partial charge in [-0.3, -0.25) is 0 Å².